The van der Waals surface area contributed by atoms with Gasteiger partial charge in [-0.1, -0.05) is 51.1 Å². The fourth-order valence-corrected chi connectivity index (χ4v) is 3.13. The summed E-state index contributed by atoms with van der Waals surface area (Å²) in [5.41, 5.74) is 2.12. The third-order valence-electron chi connectivity index (χ3n) is 4.87. The highest BCUT2D eigenvalue weighted by Gasteiger charge is 2.37. The van der Waals surface area contributed by atoms with E-state index in [-0.39, 0.29) is 5.04 Å². The van der Waals surface area contributed by atoms with E-state index in [1.54, 1.807) is 0 Å². The average molecular weight is 373 g/mol. The first kappa shape index (κ1) is 20.4. The number of hydrogen-bond donors (Lipinski definition) is 0. The summed E-state index contributed by atoms with van der Waals surface area (Å²) in [4.78, 5) is 11.2. The van der Waals surface area contributed by atoms with Crippen LogP contribution in [0.25, 0.3) is 0 Å². The molecule has 0 aliphatic heterocycles. The number of nitrogens with zero attached hydrogens (tertiary/aromatic N) is 4. The highest BCUT2D eigenvalue weighted by Crippen LogP contribution is 2.37. The fourth-order valence-electron chi connectivity index (χ4n) is 2.20. The van der Waals surface area contributed by atoms with Crippen LogP contribution in [0.4, 0.5) is 5.82 Å². The van der Waals surface area contributed by atoms with Crippen molar-refractivity contribution in [2.45, 2.75) is 52.1 Å². The minimum atomic E-state index is -1.83. The second-order valence-corrected chi connectivity index (χ2v) is 13.2. The Morgan fingerprint density at radius 2 is 1.85 bits per heavy atom. The number of hydrogen-bond acceptors (Lipinski definition) is 3. The predicted octanol–water partition coefficient (Wildman–Crippen LogP) is 4.67. The van der Waals surface area contributed by atoms with Crippen LogP contribution < -0.4 is 0 Å². The van der Waals surface area contributed by atoms with Gasteiger partial charge in [-0.3, -0.25) is 0 Å². The van der Waals surface area contributed by atoms with Crippen molar-refractivity contribution in [2.24, 2.45) is 4.99 Å². The Bertz CT molecular complexity index is 730. The van der Waals surface area contributed by atoms with Crippen molar-refractivity contribution >= 4 is 20.5 Å². The summed E-state index contributed by atoms with van der Waals surface area (Å²) in [6.45, 7) is 12.5. The van der Waals surface area contributed by atoms with Crippen molar-refractivity contribution in [2.75, 3.05) is 14.1 Å². The Kier molecular flexibility index (Phi) is 6.42. The summed E-state index contributed by atoms with van der Waals surface area (Å²) in [6.07, 6.45) is 3.67. The van der Waals surface area contributed by atoms with Crippen molar-refractivity contribution in [3.8, 4) is 0 Å². The zero-order valence-corrected chi connectivity index (χ0v) is 18.2. The van der Waals surface area contributed by atoms with Crippen LogP contribution in [0.15, 0.2) is 41.7 Å². The van der Waals surface area contributed by atoms with Gasteiger partial charge in [0, 0.05) is 14.1 Å². The highest BCUT2D eigenvalue weighted by atomic mass is 28.4. The Labute approximate surface area is 158 Å². The zero-order chi connectivity index (χ0) is 19.4. The standard InChI is InChI=1S/C20H32N4OSi/c1-20(2,3)26(6,7)25-14-18-19(22-15-23(4)5)24(16-21-18)13-17-11-9-8-10-12-17/h8-12,15-16H,13-14H2,1-7H3/b22-15+. The molecule has 1 heterocycles. The lowest BCUT2D eigenvalue weighted by Gasteiger charge is -2.35. The molecular weight excluding hydrogens is 340 g/mol. The van der Waals surface area contributed by atoms with Crippen LogP contribution in [-0.2, 0) is 17.6 Å². The van der Waals surface area contributed by atoms with Gasteiger partial charge in [-0.15, -0.1) is 0 Å². The molecule has 0 aliphatic carbocycles. The summed E-state index contributed by atoms with van der Waals surface area (Å²) in [6, 6.07) is 10.4. The first-order valence-electron chi connectivity index (χ1n) is 9.02. The van der Waals surface area contributed by atoms with Crippen LogP contribution in [-0.4, -0.2) is 43.2 Å². The molecule has 0 amide bonds. The van der Waals surface area contributed by atoms with Gasteiger partial charge in [0.25, 0.3) is 0 Å². The van der Waals surface area contributed by atoms with Crippen LogP contribution in [0.1, 0.15) is 32.0 Å². The van der Waals surface area contributed by atoms with Gasteiger partial charge in [-0.2, -0.15) is 0 Å². The van der Waals surface area contributed by atoms with E-state index in [1.165, 1.54) is 5.56 Å². The minimum Gasteiger partial charge on any atom is -0.411 e. The van der Waals surface area contributed by atoms with E-state index in [4.69, 9.17) is 4.43 Å². The average Bonchev–Trinajstić information content (AvgIpc) is 2.92. The van der Waals surface area contributed by atoms with Crippen LogP contribution in [0.3, 0.4) is 0 Å². The number of aliphatic imine (C=N–C) groups is 1. The smallest absolute Gasteiger partial charge is 0.192 e. The predicted molar refractivity (Wildman–Crippen MR) is 112 cm³/mol. The van der Waals surface area contributed by atoms with Gasteiger partial charge in [0.15, 0.2) is 14.1 Å². The first-order chi connectivity index (χ1) is 12.1. The van der Waals surface area contributed by atoms with Gasteiger partial charge < -0.3 is 13.9 Å². The molecule has 0 spiro atoms. The molecule has 26 heavy (non-hydrogen) atoms. The molecule has 0 aliphatic rings. The van der Waals surface area contributed by atoms with E-state index in [1.807, 2.05) is 37.7 Å². The molecule has 0 saturated heterocycles. The zero-order valence-electron chi connectivity index (χ0n) is 17.2. The van der Waals surface area contributed by atoms with Gasteiger partial charge >= 0.3 is 0 Å². The van der Waals surface area contributed by atoms with Crippen molar-refractivity contribution in [1.82, 2.24) is 14.5 Å². The number of imidazole rings is 1. The Balaban J connectivity index is 2.25. The third-order valence-corrected chi connectivity index (χ3v) is 9.34. The molecule has 0 unspecified atom stereocenters. The van der Waals surface area contributed by atoms with Gasteiger partial charge in [0.1, 0.15) is 5.69 Å². The van der Waals surface area contributed by atoms with E-state index in [0.717, 1.165) is 18.1 Å². The number of rotatable bonds is 7. The second-order valence-electron chi connectivity index (χ2n) is 8.39. The summed E-state index contributed by atoms with van der Waals surface area (Å²) >= 11 is 0. The van der Waals surface area contributed by atoms with E-state index >= 15 is 0 Å². The SMILES string of the molecule is CN(C)/C=N/c1c(CO[Si](C)(C)C(C)(C)C)ncn1Cc1ccccc1. The third kappa shape index (κ3) is 5.29. The molecule has 2 rings (SSSR count). The van der Waals surface area contributed by atoms with Crippen molar-refractivity contribution in [3.05, 3.63) is 47.9 Å². The topological polar surface area (TPSA) is 42.6 Å². The Morgan fingerprint density at radius 3 is 2.42 bits per heavy atom. The number of aromatic nitrogens is 2. The van der Waals surface area contributed by atoms with Crippen molar-refractivity contribution < 1.29 is 4.43 Å². The largest absolute Gasteiger partial charge is 0.411 e. The number of benzene rings is 1. The molecule has 0 fully saturated rings. The van der Waals surface area contributed by atoms with E-state index in [0.29, 0.717) is 6.61 Å². The molecule has 0 bridgehead atoms. The van der Waals surface area contributed by atoms with Crippen molar-refractivity contribution in [1.29, 1.82) is 0 Å². The Hall–Kier alpha value is -1.92. The molecule has 0 atom stereocenters. The van der Waals surface area contributed by atoms with Crippen molar-refractivity contribution in [3.63, 3.8) is 0 Å². The molecular formula is C20H32N4OSi. The molecule has 142 valence electrons. The van der Waals surface area contributed by atoms with E-state index in [9.17, 15) is 0 Å². The minimum absolute atomic E-state index is 0.173. The molecule has 1 aromatic carbocycles. The molecule has 5 nitrogen and oxygen atoms in total. The summed E-state index contributed by atoms with van der Waals surface area (Å²) in [5.74, 6) is 0.862. The molecule has 0 N–H and O–H groups in total. The molecule has 1 aromatic heterocycles. The lowest BCUT2D eigenvalue weighted by Crippen LogP contribution is -2.40. The van der Waals surface area contributed by atoms with Gasteiger partial charge in [0.05, 0.1) is 25.8 Å². The molecule has 6 heteroatoms. The van der Waals surface area contributed by atoms with Crippen LogP contribution >= 0.6 is 0 Å². The monoisotopic (exact) mass is 372 g/mol. The van der Waals surface area contributed by atoms with Crippen LogP contribution in [0.5, 0.6) is 0 Å². The van der Waals surface area contributed by atoms with Gasteiger partial charge in [-0.05, 0) is 23.7 Å². The molecule has 0 radical (unpaired) electrons. The normalized spacial score (nSPS) is 12.7. The second kappa shape index (κ2) is 8.18. The Morgan fingerprint density at radius 1 is 1.19 bits per heavy atom. The van der Waals surface area contributed by atoms with Gasteiger partial charge in [0.2, 0.25) is 0 Å². The lowest BCUT2D eigenvalue weighted by molar-refractivity contribution is 0.273. The van der Waals surface area contributed by atoms with Crippen LogP contribution in [0, 0.1) is 0 Å². The van der Waals surface area contributed by atoms with Crippen LogP contribution in [0.2, 0.25) is 18.1 Å². The highest BCUT2D eigenvalue weighted by molar-refractivity contribution is 6.74. The molecule has 2 aromatic rings. The summed E-state index contributed by atoms with van der Waals surface area (Å²) < 4.78 is 8.45. The molecule has 0 saturated carbocycles. The summed E-state index contributed by atoms with van der Waals surface area (Å²) in [7, 11) is 2.10. The maximum Gasteiger partial charge on any atom is 0.192 e. The fraction of sp³-hybridized carbons (Fsp3) is 0.500. The maximum absolute atomic E-state index is 6.37. The quantitative estimate of drug-likeness (QED) is 0.403. The lowest BCUT2D eigenvalue weighted by atomic mass is 10.2. The first-order valence-corrected chi connectivity index (χ1v) is 11.9. The maximum atomic E-state index is 6.37. The van der Waals surface area contributed by atoms with E-state index < -0.39 is 8.32 Å². The van der Waals surface area contributed by atoms with E-state index in [2.05, 4.69) is 72.7 Å². The van der Waals surface area contributed by atoms with Gasteiger partial charge in [-0.25, -0.2) is 9.98 Å². The summed E-state index contributed by atoms with van der Waals surface area (Å²) in [5, 5.41) is 0.173.